The minimum atomic E-state index is -0.128. The first-order valence-electron chi connectivity index (χ1n) is 5.05. The summed E-state index contributed by atoms with van der Waals surface area (Å²) in [6, 6.07) is 7.43. The summed E-state index contributed by atoms with van der Waals surface area (Å²) < 4.78 is 2.47. The van der Waals surface area contributed by atoms with Gasteiger partial charge in [-0.3, -0.25) is 4.79 Å². The zero-order valence-corrected chi connectivity index (χ0v) is 10.8. The Morgan fingerprint density at radius 1 is 1.53 bits per heavy atom. The minimum absolute atomic E-state index is 0.128. The molecule has 0 saturated carbocycles. The molecule has 0 saturated heterocycles. The first-order chi connectivity index (χ1) is 8.15. The summed E-state index contributed by atoms with van der Waals surface area (Å²) in [5.74, 6) is -0.128. The summed E-state index contributed by atoms with van der Waals surface area (Å²) in [7, 11) is 0. The quantitative estimate of drug-likeness (QED) is 0.942. The molecule has 1 aromatic heterocycles. The summed E-state index contributed by atoms with van der Waals surface area (Å²) in [5.41, 5.74) is 1.61. The molecule has 1 heterocycles. The molecule has 2 rings (SSSR count). The molecular formula is C11H11BrN4O. The van der Waals surface area contributed by atoms with E-state index >= 15 is 0 Å². The van der Waals surface area contributed by atoms with E-state index in [1.54, 1.807) is 10.9 Å². The Labute approximate surface area is 107 Å². The molecule has 0 radical (unpaired) electrons. The Balaban J connectivity index is 2.01. The third kappa shape index (κ3) is 3.13. The molecule has 0 atom stereocenters. The van der Waals surface area contributed by atoms with Gasteiger partial charge in [-0.15, -0.1) is 5.10 Å². The fourth-order valence-electron chi connectivity index (χ4n) is 1.37. The molecule has 1 amide bonds. The number of nitrogens with zero attached hydrogens (tertiary/aromatic N) is 3. The van der Waals surface area contributed by atoms with Crippen molar-refractivity contribution in [3.63, 3.8) is 0 Å². The monoisotopic (exact) mass is 294 g/mol. The highest BCUT2D eigenvalue weighted by Crippen LogP contribution is 2.15. The average Bonchev–Trinajstić information content (AvgIpc) is 2.64. The SMILES string of the molecule is Cc1cnnn1CC(=O)Nc1cccc(Br)c1. The lowest BCUT2D eigenvalue weighted by molar-refractivity contribution is -0.117. The summed E-state index contributed by atoms with van der Waals surface area (Å²) >= 11 is 3.35. The number of carbonyl (C=O) groups excluding carboxylic acids is 1. The number of carbonyl (C=O) groups is 1. The minimum Gasteiger partial charge on any atom is -0.324 e. The lowest BCUT2D eigenvalue weighted by Gasteiger charge is -2.06. The number of aryl methyl sites for hydroxylation is 1. The van der Waals surface area contributed by atoms with Gasteiger partial charge in [0.1, 0.15) is 6.54 Å². The van der Waals surface area contributed by atoms with E-state index in [4.69, 9.17) is 0 Å². The van der Waals surface area contributed by atoms with Gasteiger partial charge in [0.25, 0.3) is 0 Å². The Hall–Kier alpha value is -1.69. The van der Waals surface area contributed by atoms with E-state index in [1.807, 2.05) is 31.2 Å². The van der Waals surface area contributed by atoms with E-state index in [0.29, 0.717) is 0 Å². The molecule has 88 valence electrons. The second-order valence-corrected chi connectivity index (χ2v) is 4.51. The molecule has 0 aliphatic heterocycles. The molecule has 0 spiro atoms. The summed E-state index contributed by atoms with van der Waals surface area (Å²) in [4.78, 5) is 11.7. The molecule has 1 N–H and O–H groups in total. The van der Waals surface area contributed by atoms with Crippen LogP contribution in [0, 0.1) is 6.92 Å². The first kappa shape index (κ1) is 11.8. The summed E-state index contributed by atoms with van der Waals surface area (Å²) in [5, 5.41) is 10.3. The van der Waals surface area contributed by atoms with Crippen LogP contribution in [0.3, 0.4) is 0 Å². The maximum absolute atomic E-state index is 11.7. The fraction of sp³-hybridized carbons (Fsp3) is 0.182. The maximum atomic E-state index is 11.7. The number of halogens is 1. The van der Waals surface area contributed by atoms with Gasteiger partial charge in [0.2, 0.25) is 5.91 Å². The average molecular weight is 295 g/mol. The highest BCUT2D eigenvalue weighted by Gasteiger charge is 2.06. The lowest BCUT2D eigenvalue weighted by atomic mass is 10.3. The van der Waals surface area contributed by atoms with Crippen molar-refractivity contribution < 1.29 is 4.79 Å². The maximum Gasteiger partial charge on any atom is 0.246 e. The largest absolute Gasteiger partial charge is 0.324 e. The molecule has 0 bridgehead atoms. The van der Waals surface area contributed by atoms with Gasteiger partial charge in [-0.05, 0) is 25.1 Å². The topological polar surface area (TPSA) is 59.8 Å². The van der Waals surface area contributed by atoms with Crippen molar-refractivity contribution in [2.45, 2.75) is 13.5 Å². The van der Waals surface area contributed by atoms with Crippen LogP contribution in [0.4, 0.5) is 5.69 Å². The van der Waals surface area contributed by atoms with E-state index in [9.17, 15) is 4.79 Å². The number of anilines is 1. The molecule has 0 unspecified atom stereocenters. The van der Waals surface area contributed by atoms with Crippen LogP contribution < -0.4 is 5.32 Å². The van der Waals surface area contributed by atoms with E-state index in [2.05, 4.69) is 31.6 Å². The molecule has 5 nitrogen and oxygen atoms in total. The van der Waals surface area contributed by atoms with Crippen LogP contribution in [-0.2, 0) is 11.3 Å². The highest BCUT2D eigenvalue weighted by molar-refractivity contribution is 9.10. The molecule has 2 aromatic rings. The van der Waals surface area contributed by atoms with Crippen LogP contribution in [-0.4, -0.2) is 20.9 Å². The number of aromatic nitrogens is 3. The number of nitrogens with one attached hydrogen (secondary N) is 1. The van der Waals surface area contributed by atoms with E-state index in [0.717, 1.165) is 15.9 Å². The third-order valence-corrected chi connectivity index (χ3v) is 2.71. The van der Waals surface area contributed by atoms with Crippen molar-refractivity contribution >= 4 is 27.5 Å². The predicted molar refractivity (Wildman–Crippen MR) is 67.5 cm³/mol. The lowest BCUT2D eigenvalue weighted by Crippen LogP contribution is -2.20. The molecule has 17 heavy (non-hydrogen) atoms. The van der Waals surface area contributed by atoms with Gasteiger partial charge < -0.3 is 5.32 Å². The fourth-order valence-corrected chi connectivity index (χ4v) is 1.77. The van der Waals surface area contributed by atoms with Crippen LogP contribution in [0.5, 0.6) is 0 Å². The van der Waals surface area contributed by atoms with Crippen molar-refractivity contribution in [2.24, 2.45) is 0 Å². The molecule has 0 aliphatic carbocycles. The van der Waals surface area contributed by atoms with Crippen molar-refractivity contribution in [2.75, 3.05) is 5.32 Å². The predicted octanol–water partition coefficient (Wildman–Crippen LogP) is 1.99. The molecule has 1 aromatic carbocycles. The zero-order valence-electron chi connectivity index (χ0n) is 9.22. The molecule has 6 heteroatoms. The smallest absolute Gasteiger partial charge is 0.246 e. The van der Waals surface area contributed by atoms with Crippen LogP contribution in [0.1, 0.15) is 5.69 Å². The van der Waals surface area contributed by atoms with Crippen LogP contribution >= 0.6 is 15.9 Å². The van der Waals surface area contributed by atoms with Crippen LogP contribution in [0.25, 0.3) is 0 Å². The van der Waals surface area contributed by atoms with Gasteiger partial charge in [-0.1, -0.05) is 27.2 Å². The van der Waals surface area contributed by atoms with Gasteiger partial charge >= 0.3 is 0 Å². The van der Waals surface area contributed by atoms with Gasteiger partial charge in [0, 0.05) is 10.2 Å². The van der Waals surface area contributed by atoms with E-state index in [-0.39, 0.29) is 12.5 Å². The van der Waals surface area contributed by atoms with E-state index in [1.165, 1.54) is 0 Å². The number of rotatable bonds is 3. The van der Waals surface area contributed by atoms with Crippen molar-refractivity contribution in [3.05, 3.63) is 40.6 Å². The normalized spacial score (nSPS) is 10.2. The standard InChI is InChI=1S/C11H11BrN4O/c1-8-6-13-15-16(8)7-11(17)14-10-4-2-3-9(12)5-10/h2-6H,7H2,1H3,(H,14,17). The first-order valence-corrected chi connectivity index (χ1v) is 5.85. The van der Waals surface area contributed by atoms with E-state index < -0.39 is 0 Å². The Morgan fingerprint density at radius 2 is 2.35 bits per heavy atom. The Bertz CT molecular complexity index is 538. The van der Waals surface area contributed by atoms with Gasteiger partial charge in [0.05, 0.1) is 11.9 Å². The molecular weight excluding hydrogens is 284 g/mol. The summed E-state index contributed by atoms with van der Waals surface area (Å²) in [6.07, 6.45) is 1.62. The van der Waals surface area contributed by atoms with Gasteiger partial charge in [0.15, 0.2) is 0 Å². The number of hydrogen-bond donors (Lipinski definition) is 1. The van der Waals surface area contributed by atoms with Crippen molar-refractivity contribution in [1.29, 1.82) is 0 Å². The third-order valence-electron chi connectivity index (χ3n) is 2.21. The molecule has 0 fully saturated rings. The van der Waals surface area contributed by atoms with Gasteiger partial charge in [-0.2, -0.15) is 0 Å². The van der Waals surface area contributed by atoms with Crippen molar-refractivity contribution in [3.8, 4) is 0 Å². The number of benzene rings is 1. The number of amides is 1. The second-order valence-electron chi connectivity index (χ2n) is 3.59. The summed E-state index contributed by atoms with van der Waals surface area (Å²) in [6.45, 7) is 2.02. The van der Waals surface area contributed by atoms with Gasteiger partial charge in [-0.25, -0.2) is 4.68 Å². The van der Waals surface area contributed by atoms with Crippen molar-refractivity contribution in [1.82, 2.24) is 15.0 Å². The van der Waals surface area contributed by atoms with Crippen LogP contribution in [0.2, 0.25) is 0 Å². The molecule has 0 aliphatic rings. The Morgan fingerprint density at radius 3 is 3.00 bits per heavy atom. The Kier molecular flexibility index (Phi) is 3.53. The second kappa shape index (κ2) is 5.09. The zero-order chi connectivity index (χ0) is 12.3. The highest BCUT2D eigenvalue weighted by atomic mass is 79.9. The van der Waals surface area contributed by atoms with Crippen LogP contribution in [0.15, 0.2) is 34.9 Å². The number of hydrogen-bond acceptors (Lipinski definition) is 3.